The fourth-order valence-electron chi connectivity index (χ4n) is 1.50. The lowest BCUT2D eigenvalue weighted by Crippen LogP contribution is -2.26. The summed E-state index contributed by atoms with van der Waals surface area (Å²) < 4.78 is 0. The van der Waals surface area contributed by atoms with Gasteiger partial charge in [-0.15, -0.1) is 0 Å². The second-order valence-corrected chi connectivity index (χ2v) is 4.61. The molecule has 6 heteroatoms. The summed E-state index contributed by atoms with van der Waals surface area (Å²) in [4.78, 5) is 15.9. The highest BCUT2D eigenvalue weighted by atomic mass is 32.1. The monoisotopic (exact) mass is 262 g/mol. The van der Waals surface area contributed by atoms with Crippen molar-refractivity contribution in [1.82, 2.24) is 10.3 Å². The van der Waals surface area contributed by atoms with Gasteiger partial charge in [-0.25, -0.2) is 10.8 Å². The van der Waals surface area contributed by atoms with Crippen molar-refractivity contribution in [3.8, 4) is 0 Å². The predicted octanol–water partition coefficient (Wildman–Crippen LogP) is 1.92. The topological polar surface area (TPSA) is 80.0 Å². The lowest BCUT2D eigenvalue weighted by molar-refractivity contribution is 0.0939. The van der Waals surface area contributed by atoms with Gasteiger partial charge in [-0.05, 0) is 41.4 Å². The number of hydrogen-bond donors (Lipinski definition) is 3. The van der Waals surface area contributed by atoms with E-state index in [1.807, 2.05) is 23.8 Å². The number of thiophene rings is 1. The minimum Gasteiger partial charge on any atom is -0.345 e. The highest BCUT2D eigenvalue weighted by molar-refractivity contribution is 7.07. The number of carbonyl (C=O) groups excluding carboxylic acids is 1. The molecule has 0 saturated carbocycles. The Bertz CT molecular complexity index is 509. The van der Waals surface area contributed by atoms with Gasteiger partial charge < -0.3 is 10.7 Å². The lowest BCUT2D eigenvalue weighted by atomic mass is 10.1. The zero-order valence-corrected chi connectivity index (χ0v) is 10.7. The van der Waals surface area contributed by atoms with Gasteiger partial charge in [-0.1, -0.05) is 0 Å². The van der Waals surface area contributed by atoms with E-state index >= 15 is 0 Å². The number of rotatable bonds is 4. The van der Waals surface area contributed by atoms with Crippen molar-refractivity contribution in [3.63, 3.8) is 0 Å². The average Bonchev–Trinajstić information content (AvgIpc) is 2.92. The van der Waals surface area contributed by atoms with Crippen LogP contribution in [-0.2, 0) is 0 Å². The van der Waals surface area contributed by atoms with Crippen LogP contribution in [0.2, 0.25) is 0 Å². The Labute approximate surface area is 109 Å². The highest BCUT2D eigenvalue weighted by Crippen LogP contribution is 2.16. The second-order valence-electron chi connectivity index (χ2n) is 3.83. The number of hydrazine groups is 1. The number of amides is 1. The fourth-order valence-corrected chi connectivity index (χ4v) is 2.25. The van der Waals surface area contributed by atoms with Crippen LogP contribution in [0.15, 0.2) is 35.2 Å². The molecule has 0 bridgehead atoms. The maximum atomic E-state index is 12.0. The van der Waals surface area contributed by atoms with Crippen molar-refractivity contribution in [2.24, 2.45) is 5.84 Å². The minimum absolute atomic E-state index is 0.0175. The van der Waals surface area contributed by atoms with Crippen LogP contribution in [0.3, 0.4) is 0 Å². The third kappa shape index (κ3) is 2.85. The average molecular weight is 262 g/mol. The number of hydrogen-bond acceptors (Lipinski definition) is 5. The van der Waals surface area contributed by atoms with E-state index in [4.69, 9.17) is 5.84 Å². The van der Waals surface area contributed by atoms with Crippen molar-refractivity contribution < 1.29 is 4.79 Å². The standard InChI is InChI=1S/C12H14N4OS/c1-8(10-4-5-18-7-10)15-12(17)9-2-3-11(16-13)14-6-9/h2-8H,13H2,1H3,(H,14,16)(H,15,17). The van der Waals surface area contributed by atoms with Crippen LogP contribution in [0.5, 0.6) is 0 Å². The number of nitrogens with one attached hydrogen (secondary N) is 2. The van der Waals surface area contributed by atoms with Crippen LogP contribution in [0, 0.1) is 0 Å². The molecule has 0 saturated heterocycles. The van der Waals surface area contributed by atoms with Gasteiger partial charge in [0.25, 0.3) is 5.91 Å². The summed E-state index contributed by atoms with van der Waals surface area (Å²) in [5, 5.41) is 6.92. The summed E-state index contributed by atoms with van der Waals surface area (Å²) in [6.07, 6.45) is 1.49. The molecule has 0 aromatic carbocycles. The normalized spacial score (nSPS) is 11.9. The summed E-state index contributed by atoms with van der Waals surface area (Å²) in [7, 11) is 0. The van der Waals surface area contributed by atoms with E-state index < -0.39 is 0 Å². The SMILES string of the molecule is CC(NC(=O)c1ccc(NN)nc1)c1ccsc1. The molecule has 1 unspecified atom stereocenters. The number of nitrogens with two attached hydrogens (primary N) is 1. The molecule has 1 atom stereocenters. The molecule has 0 fully saturated rings. The summed E-state index contributed by atoms with van der Waals surface area (Å²) in [6, 6.07) is 5.31. The number of carbonyl (C=O) groups is 1. The van der Waals surface area contributed by atoms with E-state index in [1.54, 1.807) is 23.5 Å². The number of nitrogen functional groups attached to an aromatic ring is 1. The number of nitrogens with zero attached hydrogens (tertiary/aromatic N) is 1. The van der Waals surface area contributed by atoms with Gasteiger partial charge in [0, 0.05) is 6.20 Å². The molecule has 2 heterocycles. The first-order valence-electron chi connectivity index (χ1n) is 5.46. The third-order valence-electron chi connectivity index (χ3n) is 2.56. The molecule has 94 valence electrons. The van der Waals surface area contributed by atoms with Crippen LogP contribution in [0.4, 0.5) is 5.82 Å². The van der Waals surface area contributed by atoms with Gasteiger partial charge in [0.15, 0.2) is 0 Å². The molecule has 18 heavy (non-hydrogen) atoms. The Balaban J connectivity index is 2.03. The zero-order chi connectivity index (χ0) is 13.0. The molecule has 0 aliphatic carbocycles. The van der Waals surface area contributed by atoms with Crippen molar-refractivity contribution in [3.05, 3.63) is 46.3 Å². The van der Waals surface area contributed by atoms with Crippen molar-refractivity contribution >= 4 is 23.1 Å². The van der Waals surface area contributed by atoms with Crippen LogP contribution in [-0.4, -0.2) is 10.9 Å². The van der Waals surface area contributed by atoms with Gasteiger partial charge in [0.05, 0.1) is 11.6 Å². The Morgan fingerprint density at radius 2 is 2.28 bits per heavy atom. The highest BCUT2D eigenvalue weighted by Gasteiger charge is 2.11. The molecule has 4 N–H and O–H groups in total. The molecule has 2 aromatic heterocycles. The summed E-state index contributed by atoms with van der Waals surface area (Å²) >= 11 is 1.61. The minimum atomic E-state index is -0.148. The number of pyridine rings is 1. The number of aromatic nitrogens is 1. The van der Waals surface area contributed by atoms with E-state index in [2.05, 4.69) is 15.7 Å². The van der Waals surface area contributed by atoms with Crippen LogP contribution < -0.4 is 16.6 Å². The molecule has 5 nitrogen and oxygen atoms in total. The fraction of sp³-hybridized carbons (Fsp3) is 0.167. The predicted molar refractivity (Wildman–Crippen MR) is 72.2 cm³/mol. The van der Waals surface area contributed by atoms with Gasteiger partial charge in [-0.2, -0.15) is 11.3 Å². The summed E-state index contributed by atoms with van der Waals surface area (Å²) in [6.45, 7) is 1.95. The molecule has 2 aromatic rings. The molecular formula is C12H14N4OS. The largest absolute Gasteiger partial charge is 0.345 e. The van der Waals surface area contributed by atoms with E-state index in [9.17, 15) is 4.79 Å². The van der Waals surface area contributed by atoms with Crippen LogP contribution in [0.25, 0.3) is 0 Å². The van der Waals surface area contributed by atoms with Crippen LogP contribution in [0.1, 0.15) is 28.9 Å². The molecule has 0 radical (unpaired) electrons. The number of anilines is 1. The maximum Gasteiger partial charge on any atom is 0.253 e. The Morgan fingerprint density at radius 1 is 1.44 bits per heavy atom. The van der Waals surface area contributed by atoms with E-state index in [-0.39, 0.29) is 11.9 Å². The van der Waals surface area contributed by atoms with Gasteiger partial charge in [-0.3, -0.25) is 4.79 Å². The molecule has 2 rings (SSSR count). The van der Waals surface area contributed by atoms with Crippen molar-refractivity contribution in [2.45, 2.75) is 13.0 Å². The first kappa shape index (κ1) is 12.5. The molecule has 0 aliphatic rings. The Hall–Kier alpha value is -1.92. The van der Waals surface area contributed by atoms with Gasteiger partial charge in [0.1, 0.15) is 5.82 Å². The van der Waals surface area contributed by atoms with E-state index in [1.165, 1.54) is 6.20 Å². The lowest BCUT2D eigenvalue weighted by Gasteiger charge is -2.12. The van der Waals surface area contributed by atoms with Crippen molar-refractivity contribution in [1.29, 1.82) is 0 Å². The Kier molecular flexibility index (Phi) is 3.91. The van der Waals surface area contributed by atoms with Crippen LogP contribution >= 0.6 is 11.3 Å². The van der Waals surface area contributed by atoms with Gasteiger partial charge >= 0.3 is 0 Å². The van der Waals surface area contributed by atoms with Gasteiger partial charge in [0.2, 0.25) is 0 Å². The second kappa shape index (κ2) is 5.61. The Morgan fingerprint density at radius 3 is 2.83 bits per heavy atom. The summed E-state index contributed by atoms with van der Waals surface area (Å²) in [5.41, 5.74) is 4.02. The van der Waals surface area contributed by atoms with E-state index in [0.717, 1.165) is 5.56 Å². The molecule has 0 spiro atoms. The zero-order valence-electron chi connectivity index (χ0n) is 9.88. The molecular weight excluding hydrogens is 248 g/mol. The first-order valence-corrected chi connectivity index (χ1v) is 6.40. The molecule has 0 aliphatic heterocycles. The maximum absolute atomic E-state index is 12.0. The first-order chi connectivity index (χ1) is 8.70. The third-order valence-corrected chi connectivity index (χ3v) is 3.27. The van der Waals surface area contributed by atoms with Crippen molar-refractivity contribution in [2.75, 3.05) is 5.43 Å². The quantitative estimate of drug-likeness (QED) is 0.581. The smallest absolute Gasteiger partial charge is 0.253 e. The van der Waals surface area contributed by atoms with E-state index in [0.29, 0.717) is 11.4 Å². The summed E-state index contributed by atoms with van der Waals surface area (Å²) in [5.74, 6) is 5.59. The molecule has 1 amide bonds.